The summed E-state index contributed by atoms with van der Waals surface area (Å²) in [5.41, 5.74) is 3.62. The molecule has 0 aliphatic rings. The van der Waals surface area contributed by atoms with Crippen molar-refractivity contribution in [2.45, 2.75) is 19.8 Å². The number of ether oxygens (including phenoxy) is 5. The van der Waals surface area contributed by atoms with E-state index in [2.05, 4.69) is 22.8 Å². The van der Waals surface area contributed by atoms with Gasteiger partial charge in [0.1, 0.15) is 11.5 Å². The lowest BCUT2D eigenvalue weighted by Gasteiger charge is -2.14. The normalized spacial score (nSPS) is 10.5. The Bertz CT molecular complexity index is 1330. The fourth-order valence-corrected chi connectivity index (χ4v) is 3.50. The van der Waals surface area contributed by atoms with Crippen LogP contribution >= 0.6 is 0 Å². The zero-order chi connectivity index (χ0) is 29.6. The number of nitrogens with one attached hydrogen (secondary N) is 2. The number of nitrogens with zero attached hydrogens (tertiary/aromatic N) is 1. The fraction of sp³-hybridized carbons (Fsp3) is 0.267. The molecule has 3 rings (SSSR count). The van der Waals surface area contributed by atoms with E-state index in [1.54, 1.807) is 48.5 Å². The zero-order valence-corrected chi connectivity index (χ0v) is 23.4. The summed E-state index contributed by atoms with van der Waals surface area (Å²) >= 11 is 0. The second-order valence-electron chi connectivity index (χ2n) is 8.57. The maximum atomic E-state index is 12.5. The molecule has 0 heterocycles. The number of methoxy groups -OCH3 is 3. The van der Waals surface area contributed by atoms with E-state index in [-0.39, 0.29) is 12.1 Å². The van der Waals surface area contributed by atoms with Crippen LogP contribution in [0.2, 0.25) is 0 Å². The van der Waals surface area contributed by atoms with Crippen molar-refractivity contribution in [2.24, 2.45) is 5.10 Å². The molecule has 0 fully saturated rings. The molecule has 0 unspecified atom stereocenters. The van der Waals surface area contributed by atoms with Gasteiger partial charge in [-0.05, 0) is 72.6 Å². The second-order valence-corrected chi connectivity index (χ2v) is 8.57. The standard InChI is InChI=1S/C30H33N3O8/c1-5-6-15-40-23-13-9-21(10-14-23)30(36)41-24-11-7-20(8-12-24)18-32-33-27(34)19-31-29(35)22-16-25(37-2)28(39-4)26(17-22)38-3/h7-14,16-18H,5-6,15,19H2,1-4H3,(H,31,35)(H,33,34)/b32-18+. The van der Waals surface area contributed by atoms with Gasteiger partial charge in [-0.1, -0.05) is 13.3 Å². The van der Waals surface area contributed by atoms with E-state index in [0.29, 0.717) is 46.5 Å². The Morgan fingerprint density at radius 2 is 1.46 bits per heavy atom. The van der Waals surface area contributed by atoms with Crippen molar-refractivity contribution in [3.05, 3.63) is 77.4 Å². The van der Waals surface area contributed by atoms with Crippen molar-refractivity contribution >= 4 is 24.0 Å². The second kappa shape index (κ2) is 15.5. The van der Waals surface area contributed by atoms with Crippen molar-refractivity contribution in [2.75, 3.05) is 34.5 Å². The first kappa shape index (κ1) is 30.5. The van der Waals surface area contributed by atoms with Crippen molar-refractivity contribution in [3.63, 3.8) is 0 Å². The summed E-state index contributed by atoms with van der Waals surface area (Å²) in [5, 5.41) is 6.40. The molecule has 0 aromatic heterocycles. The van der Waals surface area contributed by atoms with E-state index in [1.807, 2.05) is 0 Å². The lowest BCUT2D eigenvalue weighted by atomic mass is 10.1. The molecule has 3 aromatic carbocycles. The molecule has 0 radical (unpaired) electrons. The van der Waals surface area contributed by atoms with Gasteiger partial charge < -0.3 is 29.0 Å². The highest BCUT2D eigenvalue weighted by molar-refractivity contribution is 5.97. The summed E-state index contributed by atoms with van der Waals surface area (Å²) in [6.45, 7) is 2.41. The monoisotopic (exact) mass is 563 g/mol. The van der Waals surface area contributed by atoms with E-state index in [9.17, 15) is 14.4 Å². The van der Waals surface area contributed by atoms with E-state index in [4.69, 9.17) is 23.7 Å². The SMILES string of the molecule is CCCCOc1ccc(C(=O)Oc2ccc(/C=N/NC(=O)CNC(=O)c3cc(OC)c(OC)c(OC)c3)cc2)cc1. The zero-order valence-electron chi connectivity index (χ0n) is 23.4. The number of hydrogen-bond acceptors (Lipinski definition) is 9. The van der Waals surface area contributed by atoms with Crippen LogP contribution < -0.4 is 34.4 Å². The number of benzene rings is 3. The van der Waals surface area contributed by atoms with Crippen LogP contribution in [0, 0.1) is 0 Å². The number of hydrazone groups is 1. The molecule has 0 saturated heterocycles. The minimum absolute atomic E-state index is 0.227. The van der Waals surface area contributed by atoms with Gasteiger partial charge in [-0.15, -0.1) is 0 Å². The summed E-state index contributed by atoms with van der Waals surface area (Å²) in [6.07, 6.45) is 3.43. The van der Waals surface area contributed by atoms with Crippen LogP contribution in [0.1, 0.15) is 46.0 Å². The van der Waals surface area contributed by atoms with Crippen LogP contribution in [-0.4, -0.2) is 58.5 Å². The number of carbonyl (C=O) groups is 3. The first-order chi connectivity index (χ1) is 19.9. The van der Waals surface area contributed by atoms with Crippen LogP contribution in [0.25, 0.3) is 0 Å². The van der Waals surface area contributed by atoms with Crippen molar-refractivity contribution in [1.82, 2.24) is 10.7 Å². The molecule has 11 nitrogen and oxygen atoms in total. The van der Waals surface area contributed by atoms with E-state index < -0.39 is 17.8 Å². The number of rotatable bonds is 14. The Labute approximate surface area is 238 Å². The van der Waals surface area contributed by atoms with Crippen LogP contribution in [0.3, 0.4) is 0 Å². The fourth-order valence-electron chi connectivity index (χ4n) is 3.50. The highest BCUT2D eigenvalue weighted by Crippen LogP contribution is 2.38. The molecular weight excluding hydrogens is 530 g/mol. The van der Waals surface area contributed by atoms with Crippen LogP contribution in [0.15, 0.2) is 65.8 Å². The van der Waals surface area contributed by atoms with Gasteiger partial charge in [-0.2, -0.15) is 5.10 Å². The van der Waals surface area contributed by atoms with Gasteiger partial charge >= 0.3 is 5.97 Å². The summed E-state index contributed by atoms with van der Waals surface area (Å²) in [7, 11) is 4.34. The molecule has 0 aliphatic carbocycles. The van der Waals surface area contributed by atoms with Crippen LogP contribution in [-0.2, 0) is 4.79 Å². The number of amides is 2. The number of unbranched alkanes of at least 4 members (excludes halogenated alkanes) is 1. The van der Waals surface area contributed by atoms with E-state index in [0.717, 1.165) is 12.8 Å². The molecule has 3 aromatic rings. The number of carbonyl (C=O) groups excluding carboxylic acids is 3. The maximum Gasteiger partial charge on any atom is 0.343 e. The summed E-state index contributed by atoms with van der Waals surface area (Å²) < 4.78 is 26.7. The molecule has 0 saturated carbocycles. The highest BCUT2D eigenvalue weighted by Gasteiger charge is 2.17. The predicted molar refractivity (Wildman–Crippen MR) is 152 cm³/mol. The third-order valence-corrected chi connectivity index (χ3v) is 5.69. The van der Waals surface area contributed by atoms with Crippen molar-refractivity contribution in [3.8, 4) is 28.7 Å². The minimum atomic E-state index is -0.533. The molecule has 2 N–H and O–H groups in total. The number of hydrogen-bond donors (Lipinski definition) is 2. The van der Waals surface area contributed by atoms with Gasteiger partial charge in [-0.3, -0.25) is 9.59 Å². The quantitative estimate of drug-likeness (QED) is 0.0989. The molecule has 216 valence electrons. The maximum absolute atomic E-state index is 12.5. The van der Waals surface area contributed by atoms with Crippen molar-refractivity contribution < 1.29 is 38.1 Å². The Balaban J connectivity index is 1.46. The molecule has 0 bridgehead atoms. The summed E-state index contributed by atoms with van der Waals surface area (Å²) in [6, 6.07) is 16.3. The number of esters is 1. The lowest BCUT2D eigenvalue weighted by molar-refractivity contribution is -0.120. The highest BCUT2D eigenvalue weighted by atomic mass is 16.5. The first-order valence-electron chi connectivity index (χ1n) is 12.8. The average Bonchev–Trinajstić information content (AvgIpc) is 3.00. The topological polar surface area (TPSA) is 134 Å². The largest absolute Gasteiger partial charge is 0.494 e. The predicted octanol–water partition coefficient (Wildman–Crippen LogP) is 3.99. The molecule has 0 atom stereocenters. The molecule has 2 amide bonds. The lowest BCUT2D eigenvalue weighted by Crippen LogP contribution is -2.34. The van der Waals surface area contributed by atoms with Crippen molar-refractivity contribution in [1.29, 1.82) is 0 Å². The average molecular weight is 564 g/mol. The van der Waals surface area contributed by atoms with Gasteiger partial charge in [0.15, 0.2) is 11.5 Å². The van der Waals surface area contributed by atoms with Crippen LogP contribution in [0.5, 0.6) is 28.7 Å². The van der Waals surface area contributed by atoms with Gasteiger partial charge in [0.2, 0.25) is 5.75 Å². The van der Waals surface area contributed by atoms with Gasteiger partial charge in [0.05, 0.1) is 46.3 Å². The third kappa shape index (κ3) is 8.99. The van der Waals surface area contributed by atoms with Crippen LogP contribution in [0.4, 0.5) is 0 Å². The van der Waals surface area contributed by atoms with E-state index >= 15 is 0 Å². The molecule has 0 aliphatic heterocycles. The molecule has 11 heteroatoms. The first-order valence-corrected chi connectivity index (χ1v) is 12.8. The smallest absolute Gasteiger partial charge is 0.343 e. The molecule has 0 spiro atoms. The van der Waals surface area contributed by atoms with E-state index in [1.165, 1.54) is 39.7 Å². The molecule has 41 heavy (non-hydrogen) atoms. The molecular formula is C30H33N3O8. The van der Waals surface area contributed by atoms with Gasteiger partial charge in [0, 0.05) is 5.56 Å². The Morgan fingerprint density at radius 3 is 2.05 bits per heavy atom. The Morgan fingerprint density at radius 1 is 0.829 bits per heavy atom. The Hall–Kier alpha value is -5.06. The summed E-state index contributed by atoms with van der Waals surface area (Å²) in [4.78, 5) is 37.1. The summed E-state index contributed by atoms with van der Waals surface area (Å²) in [5.74, 6) is 0.498. The Kier molecular flexibility index (Phi) is 11.5. The third-order valence-electron chi connectivity index (χ3n) is 5.69. The van der Waals surface area contributed by atoms with Gasteiger partial charge in [0.25, 0.3) is 11.8 Å². The van der Waals surface area contributed by atoms with Gasteiger partial charge in [-0.25, -0.2) is 10.2 Å². The minimum Gasteiger partial charge on any atom is -0.494 e.